The summed E-state index contributed by atoms with van der Waals surface area (Å²) in [5.41, 5.74) is 1.15. The van der Waals surface area contributed by atoms with Crippen molar-refractivity contribution >= 4 is 29.9 Å². The Labute approximate surface area is 166 Å². The number of hydrogen-bond acceptors (Lipinski definition) is 3. The molecule has 0 aliphatic heterocycles. The molecule has 25 heavy (non-hydrogen) atoms. The summed E-state index contributed by atoms with van der Waals surface area (Å²) < 4.78 is 11.2. The van der Waals surface area contributed by atoms with Crippen molar-refractivity contribution < 1.29 is 9.47 Å². The van der Waals surface area contributed by atoms with Gasteiger partial charge in [0.15, 0.2) is 17.5 Å². The molecule has 2 N–H and O–H groups in total. The molecular weight excluding hydrogens is 429 g/mol. The lowest BCUT2D eigenvalue weighted by molar-refractivity contribution is 0.379. The Kier molecular flexibility index (Phi) is 9.12. The number of hydrogen-bond donors (Lipinski definition) is 2. The van der Waals surface area contributed by atoms with Gasteiger partial charge in [-0.1, -0.05) is 24.3 Å². The SMILES string of the molecule is CN=C(NCc1ccc(Oc2ccccc2OC)cc1)NC(C)C.I. The van der Waals surface area contributed by atoms with Crippen LogP contribution in [0.3, 0.4) is 0 Å². The Morgan fingerprint density at radius 3 is 2.24 bits per heavy atom. The Balaban J connectivity index is 0.00000312. The minimum Gasteiger partial charge on any atom is -0.493 e. The van der Waals surface area contributed by atoms with Gasteiger partial charge in [-0.2, -0.15) is 0 Å². The summed E-state index contributed by atoms with van der Waals surface area (Å²) in [5.74, 6) is 2.98. The zero-order valence-corrected chi connectivity index (χ0v) is 17.4. The van der Waals surface area contributed by atoms with Gasteiger partial charge in [-0.15, -0.1) is 24.0 Å². The van der Waals surface area contributed by atoms with E-state index in [0.717, 1.165) is 17.3 Å². The van der Waals surface area contributed by atoms with Crippen LogP contribution in [0.4, 0.5) is 0 Å². The van der Waals surface area contributed by atoms with Gasteiger partial charge in [0.05, 0.1) is 7.11 Å². The van der Waals surface area contributed by atoms with Crippen LogP contribution < -0.4 is 20.1 Å². The average Bonchev–Trinajstić information content (AvgIpc) is 2.60. The van der Waals surface area contributed by atoms with E-state index in [1.165, 1.54) is 0 Å². The highest BCUT2D eigenvalue weighted by Crippen LogP contribution is 2.30. The number of nitrogens with one attached hydrogen (secondary N) is 2. The van der Waals surface area contributed by atoms with Crippen LogP contribution in [-0.4, -0.2) is 26.2 Å². The second-order valence-corrected chi connectivity index (χ2v) is 5.62. The zero-order chi connectivity index (χ0) is 17.4. The van der Waals surface area contributed by atoms with E-state index < -0.39 is 0 Å². The first kappa shape index (κ1) is 21.1. The summed E-state index contributed by atoms with van der Waals surface area (Å²) in [5, 5.41) is 6.54. The van der Waals surface area contributed by atoms with E-state index in [0.29, 0.717) is 24.1 Å². The maximum Gasteiger partial charge on any atom is 0.191 e. The quantitative estimate of drug-likeness (QED) is 0.390. The van der Waals surface area contributed by atoms with Gasteiger partial charge in [-0.3, -0.25) is 4.99 Å². The van der Waals surface area contributed by atoms with E-state index in [1.54, 1.807) is 14.2 Å². The number of benzene rings is 2. The van der Waals surface area contributed by atoms with Crippen molar-refractivity contribution in [3.05, 3.63) is 54.1 Å². The molecule has 0 amide bonds. The predicted molar refractivity (Wildman–Crippen MR) is 113 cm³/mol. The summed E-state index contributed by atoms with van der Waals surface area (Å²) in [4.78, 5) is 4.19. The fraction of sp³-hybridized carbons (Fsp3) is 0.316. The van der Waals surface area contributed by atoms with Crippen molar-refractivity contribution in [2.24, 2.45) is 4.99 Å². The summed E-state index contributed by atoms with van der Waals surface area (Å²) in [7, 11) is 3.40. The molecule has 6 heteroatoms. The molecule has 0 atom stereocenters. The Hall–Kier alpha value is -1.96. The molecule has 0 aliphatic carbocycles. The Morgan fingerprint density at radius 2 is 1.68 bits per heavy atom. The van der Waals surface area contributed by atoms with Crippen LogP contribution in [0.2, 0.25) is 0 Å². The molecule has 0 bridgehead atoms. The maximum atomic E-state index is 5.87. The van der Waals surface area contributed by atoms with Crippen LogP contribution in [-0.2, 0) is 6.54 Å². The highest BCUT2D eigenvalue weighted by Gasteiger charge is 2.05. The highest BCUT2D eigenvalue weighted by atomic mass is 127. The van der Waals surface area contributed by atoms with Crippen LogP contribution in [0.15, 0.2) is 53.5 Å². The molecule has 0 aliphatic rings. The van der Waals surface area contributed by atoms with Gasteiger partial charge < -0.3 is 20.1 Å². The standard InChI is InChI=1S/C19H25N3O2.HI/c1-14(2)22-19(20-3)21-13-15-9-11-16(12-10-15)24-18-8-6-5-7-17(18)23-4;/h5-12,14H,13H2,1-4H3,(H2,20,21,22);1H. The number of ether oxygens (including phenoxy) is 2. The number of rotatable bonds is 6. The highest BCUT2D eigenvalue weighted by molar-refractivity contribution is 14.0. The third-order valence-electron chi connectivity index (χ3n) is 3.33. The second-order valence-electron chi connectivity index (χ2n) is 5.62. The van der Waals surface area contributed by atoms with E-state index in [1.807, 2.05) is 48.5 Å². The van der Waals surface area contributed by atoms with Crippen LogP contribution in [0.25, 0.3) is 0 Å². The molecule has 2 aromatic carbocycles. The summed E-state index contributed by atoms with van der Waals surface area (Å²) >= 11 is 0. The van der Waals surface area contributed by atoms with Crippen LogP contribution in [0.1, 0.15) is 19.4 Å². The molecule has 2 aromatic rings. The van der Waals surface area contributed by atoms with Crippen molar-refractivity contribution in [1.29, 1.82) is 0 Å². The number of halogens is 1. The summed E-state index contributed by atoms with van der Waals surface area (Å²) in [6.07, 6.45) is 0. The van der Waals surface area contributed by atoms with Crippen molar-refractivity contribution in [3.8, 4) is 17.2 Å². The van der Waals surface area contributed by atoms with Crippen LogP contribution in [0, 0.1) is 0 Å². The Morgan fingerprint density at radius 1 is 1.04 bits per heavy atom. The van der Waals surface area contributed by atoms with Gasteiger partial charge in [-0.25, -0.2) is 0 Å². The first-order valence-electron chi connectivity index (χ1n) is 7.99. The topological polar surface area (TPSA) is 54.9 Å². The fourth-order valence-electron chi connectivity index (χ4n) is 2.16. The first-order valence-corrected chi connectivity index (χ1v) is 7.99. The molecule has 0 unspecified atom stereocenters. The number of nitrogens with zero attached hydrogens (tertiary/aromatic N) is 1. The van der Waals surface area contributed by atoms with E-state index in [4.69, 9.17) is 9.47 Å². The first-order chi connectivity index (χ1) is 11.6. The van der Waals surface area contributed by atoms with Crippen molar-refractivity contribution in [1.82, 2.24) is 10.6 Å². The van der Waals surface area contributed by atoms with Crippen LogP contribution >= 0.6 is 24.0 Å². The van der Waals surface area contributed by atoms with Gasteiger partial charge in [-0.05, 0) is 43.7 Å². The molecule has 0 saturated heterocycles. The summed E-state index contributed by atoms with van der Waals surface area (Å²) in [6, 6.07) is 15.9. The average molecular weight is 455 g/mol. The van der Waals surface area contributed by atoms with Gasteiger partial charge in [0.25, 0.3) is 0 Å². The smallest absolute Gasteiger partial charge is 0.191 e. The Bertz CT molecular complexity index is 673. The fourth-order valence-corrected chi connectivity index (χ4v) is 2.16. The van der Waals surface area contributed by atoms with Gasteiger partial charge >= 0.3 is 0 Å². The van der Waals surface area contributed by atoms with Gasteiger partial charge in [0, 0.05) is 19.6 Å². The zero-order valence-electron chi connectivity index (χ0n) is 15.1. The van der Waals surface area contributed by atoms with Gasteiger partial charge in [0.1, 0.15) is 5.75 Å². The maximum absolute atomic E-state index is 5.87. The number of methoxy groups -OCH3 is 1. The number of aliphatic imine (C=N–C) groups is 1. The molecule has 5 nitrogen and oxygen atoms in total. The van der Waals surface area contributed by atoms with E-state index in [2.05, 4.69) is 29.5 Å². The minimum absolute atomic E-state index is 0. The van der Waals surface area contributed by atoms with E-state index in [9.17, 15) is 0 Å². The van der Waals surface area contributed by atoms with Gasteiger partial charge in [0.2, 0.25) is 0 Å². The normalized spacial score (nSPS) is 10.8. The largest absolute Gasteiger partial charge is 0.493 e. The summed E-state index contributed by atoms with van der Waals surface area (Å²) in [6.45, 7) is 4.86. The lowest BCUT2D eigenvalue weighted by atomic mass is 10.2. The molecule has 0 saturated carbocycles. The van der Waals surface area contributed by atoms with Crippen molar-refractivity contribution in [2.75, 3.05) is 14.2 Å². The third-order valence-corrected chi connectivity index (χ3v) is 3.33. The van der Waals surface area contributed by atoms with Crippen molar-refractivity contribution in [2.45, 2.75) is 26.4 Å². The molecule has 0 radical (unpaired) electrons. The molecule has 0 fully saturated rings. The molecule has 0 heterocycles. The molecule has 0 aromatic heterocycles. The van der Waals surface area contributed by atoms with E-state index in [-0.39, 0.29) is 24.0 Å². The number of guanidine groups is 1. The molecule has 0 spiro atoms. The van der Waals surface area contributed by atoms with E-state index >= 15 is 0 Å². The molecule has 136 valence electrons. The lowest BCUT2D eigenvalue weighted by Gasteiger charge is -2.14. The third kappa shape index (κ3) is 6.81. The second kappa shape index (κ2) is 10.8. The number of para-hydroxylation sites is 2. The molecular formula is C19H26IN3O2. The molecule has 2 rings (SSSR count). The lowest BCUT2D eigenvalue weighted by Crippen LogP contribution is -2.40. The monoisotopic (exact) mass is 455 g/mol. The van der Waals surface area contributed by atoms with Crippen LogP contribution in [0.5, 0.6) is 17.2 Å². The van der Waals surface area contributed by atoms with Crippen molar-refractivity contribution in [3.63, 3.8) is 0 Å². The predicted octanol–water partition coefficient (Wildman–Crippen LogP) is 4.18. The minimum atomic E-state index is 0.